The molecule has 6 heteroatoms. The highest BCUT2D eigenvalue weighted by atomic mass is 19.1. The number of halogens is 1. The summed E-state index contributed by atoms with van der Waals surface area (Å²) in [5.41, 5.74) is 0.997. The van der Waals surface area contributed by atoms with Gasteiger partial charge in [-0.25, -0.2) is 4.39 Å². The average Bonchev–Trinajstić information content (AvgIpc) is 2.72. The van der Waals surface area contributed by atoms with Crippen molar-refractivity contribution in [3.8, 4) is 5.75 Å². The molecular formula is C21H23FN2O3. The van der Waals surface area contributed by atoms with Crippen molar-refractivity contribution >= 4 is 11.8 Å². The molecule has 3 rings (SSSR count). The van der Waals surface area contributed by atoms with Gasteiger partial charge in [0.1, 0.15) is 11.6 Å². The fraction of sp³-hybridized carbons (Fsp3) is 0.333. The highest BCUT2D eigenvalue weighted by Crippen LogP contribution is 2.21. The number of ether oxygens (including phenoxy) is 1. The molecule has 0 unspecified atom stereocenters. The minimum atomic E-state index is -0.515. The molecule has 1 saturated heterocycles. The van der Waals surface area contributed by atoms with Gasteiger partial charge in [-0.15, -0.1) is 0 Å². The van der Waals surface area contributed by atoms with E-state index >= 15 is 0 Å². The molecule has 1 aliphatic rings. The number of piperidine rings is 1. The van der Waals surface area contributed by atoms with E-state index in [0.717, 1.165) is 11.3 Å². The van der Waals surface area contributed by atoms with E-state index in [9.17, 15) is 14.0 Å². The van der Waals surface area contributed by atoms with Crippen molar-refractivity contribution in [2.75, 3.05) is 20.2 Å². The Hall–Kier alpha value is -2.89. The summed E-state index contributed by atoms with van der Waals surface area (Å²) in [6.07, 6.45) is 1.13. The molecule has 0 radical (unpaired) electrons. The van der Waals surface area contributed by atoms with Crippen LogP contribution in [0.2, 0.25) is 0 Å². The number of amides is 2. The number of methoxy groups -OCH3 is 1. The van der Waals surface area contributed by atoms with Gasteiger partial charge in [0, 0.05) is 31.1 Å². The molecule has 27 heavy (non-hydrogen) atoms. The second kappa shape index (κ2) is 8.66. The molecule has 0 spiro atoms. The van der Waals surface area contributed by atoms with Crippen molar-refractivity contribution in [2.45, 2.75) is 19.4 Å². The molecule has 1 aliphatic heterocycles. The second-order valence-electron chi connectivity index (χ2n) is 6.58. The number of benzene rings is 2. The largest absolute Gasteiger partial charge is 0.496 e. The Balaban J connectivity index is 1.52. The second-order valence-corrected chi connectivity index (χ2v) is 6.58. The third-order valence-corrected chi connectivity index (χ3v) is 4.90. The van der Waals surface area contributed by atoms with E-state index in [2.05, 4.69) is 5.32 Å². The van der Waals surface area contributed by atoms with Crippen LogP contribution in [0, 0.1) is 11.7 Å². The number of likely N-dealkylation sites (tertiary alicyclic amines) is 1. The first-order valence-electron chi connectivity index (χ1n) is 9.03. The Labute approximate surface area is 158 Å². The number of hydrogen-bond acceptors (Lipinski definition) is 3. The van der Waals surface area contributed by atoms with Crippen LogP contribution in [0.25, 0.3) is 0 Å². The zero-order valence-electron chi connectivity index (χ0n) is 15.3. The van der Waals surface area contributed by atoms with E-state index in [1.807, 2.05) is 24.3 Å². The van der Waals surface area contributed by atoms with E-state index in [0.29, 0.717) is 32.5 Å². The fourth-order valence-electron chi connectivity index (χ4n) is 3.33. The number of carbonyl (C=O) groups is 2. The number of para-hydroxylation sites is 1. The van der Waals surface area contributed by atoms with Gasteiger partial charge in [0.05, 0.1) is 12.7 Å². The summed E-state index contributed by atoms with van der Waals surface area (Å²) in [6.45, 7) is 1.29. The maximum atomic E-state index is 13.8. The Morgan fingerprint density at radius 2 is 1.78 bits per heavy atom. The number of rotatable bonds is 5. The molecule has 0 bridgehead atoms. The first-order valence-corrected chi connectivity index (χ1v) is 9.03. The molecule has 5 nitrogen and oxygen atoms in total. The number of hydrogen-bond donors (Lipinski definition) is 1. The number of nitrogens with one attached hydrogen (secondary N) is 1. The highest BCUT2D eigenvalue weighted by molar-refractivity contribution is 5.94. The van der Waals surface area contributed by atoms with Crippen molar-refractivity contribution < 1.29 is 18.7 Å². The summed E-state index contributed by atoms with van der Waals surface area (Å²) in [5.74, 6) is -0.272. The van der Waals surface area contributed by atoms with Crippen LogP contribution in [0.3, 0.4) is 0 Å². The van der Waals surface area contributed by atoms with Gasteiger partial charge >= 0.3 is 0 Å². The highest BCUT2D eigenvalue weighted by Gasteiger charge is 2.28. The Bertz CT molecular complexity index is 817. The van der Waals surface area contributed by atoms with Crippen molar-refractivity contribution in [3.05, 3.63) is 65.5 Å². The van der Waals surface area contributed by atoms with E-state index in [1.165, 1.54) is 12.1 Å². The fourth-order valence-corrected chi connectivity index (χ4v) is 3.33. The smallest absolute Gasteiger partial charge is 0.256 e. The van der Waals surface area contributed by atoms with Crippen LogP contribution >= 0.6 is 0 Å². The third-order valence-electron chi connectivity index (χ3n) is 4.90. The molecule has 0 saturated carbocycles. The normalized spacial score (nSPS) is 14.7. The molecule has 0 atom stereocenters. The van der Waals surface area contributed by atoms with E-state index in [-0.39, 0.29) is 23.3 Å². The zero-order valence-corrected chi connectivity index (χ0v) is 15.3. The lowest BCUT2D eigenvalue weighted by Crippen LogP contribution is -2.43. The summed E-state index contributed by atoms with van der Waals surface area (Å²) in [6, 6.07) is 13.5. The lowest BCUT2D eigenvalue weighted by atomic mass is 9.95. The quantitative estimate of drug-likeness (QED) is 0.880. The maximum Gasteiger partial charge on any atom is 0.256 e. The van der Waals surface area contributed by atoms with Crippen molar-refractivity contribution in [1.29, 1.82) is 0 Å². The molecule has 0 aliphatic carbocycles. The molecule has 142 valence electrons. The molecule has 2 aromatic carbocycles. The lowest BCUT2D eigenvalue weighted by molar-refractivity contribution is -0.126. The third kappa shape index (κ3) is 4.45. The van der Waals surface area contributed by atoms with Crippen LogP contribution in [-0.4, -0.2) is 36.9 Å². The lowest BCUT2D eigenvalue weighted by Gasteiger charge is -2.31. The first kappa shape index (κ1) is 18.9. The zero-order chi connectivity index (χ0) is 19.2. The molecule has 0 aromatic heterocycles. The van der Waals surface area contributed by atoms with Crippen LogP contribution in [0.15, 0.2) is 48.5 Å². The predicted octanol–water partition coefficient (Wildman–Crippen LogP) is 3.00. The first-order chi connectivity index (χ1) is 13.1. The topological polar surface area (TPSA) is 58.6 Å². The van der Waals surface area contributed by atoms with Gasteiger partial charge < -0.3 is 15.0 Å². The Morgan fingerprint density at radius 3 is 2.48 bits per heavy atom. The van der Waals surface area contributed by atoms with E-state index < -0.39 is 5.82 Å². The molecule has 2 aromatic rings. The Kier molecular flexibility index (Phi) is 6.06. The van der Waals surface area contributed by atoms with Gasteiger partial charge in [-0.05, 0) is 31.0 Å². The van der Waals surface area contributed by atoms with Gasteiger partial charge in [-0.2, -0.15) is 0 Å². The molecular weight excluding hydrogens is 347 g/mol. The minimum Gasteiger partial charge on any atom is -0.496 e. The monoisotopic (exact) mass is 370 g/mol. The minimum absolute atomic E-state index is 0.0288. The molecule has 1 fully saturated rings. The molecule has 1 N–H and O–H groups in total. The predicted molar refractivity (Wildman–Crippen MR) is 99.9 cm³/mol. The summed E-state index contributed by atoms with van der Waals surface area (Å²) >= 11 is 0. The van der Waals surface area contributed by atoms with Crippen LogP contribution in [0.1, 0.15) is 28.8 Å². The maximum absolute atomic E-state index is 13.8. The summed E-state index contributed by atoms with van der Waals surface area (Å²) in [4.78, 5) is 26.5. The van der Waals surface area contributed by atoms with Crippen molar-refractivity contribution in [3.63, 3.8) is 0 Å². The summed E-state index contributed by atoms with van der Waals surface area (Å²) in [5, 5.41) is 2.95. The van der Waals surface area contributed by atoms with E-state index in [1.54, 1.807) is 24.1 Å². The number of nitrogens with zero attached hydrogens (tertiary/aromatic N) is 1. The van der Waals surface area contributed by atoms with E-state index in [4.69, 9.17) is 4.74 Å². The standard InChI is InChI=1S/C21H23FN2O3/c1-27-19-9-5-2-6-16(19)14-23-20(25)15-10-12-24(13-11-15)21(26)17-7-3-4-8-18(17)22/h2-9,15H,10-14H2,1H3,(H,23,25). The van der Waals surface area contributed by atoms with Crippen molar-refractivity contribution in [2.24, 2.45) is 5.92 Å². The SMILES string of the molecule is COc1ccccc1CNC(=O)C1CCN(C(=O)c2ccccc2F)CC1. The molecule has 2 amide bonds. The van der Waals surface area contributed by atoms with Gasteiger partial charge in [0.2, 0.25) is 5.91 Å². The van der Waals surface area contributed by atoms with Crippen LogP contribution in [0.4, 0.5) is 4.39 Å². The summed E-state index contributed by atoms with van der Waals surface area (Å²) < 4.78 is 19.1. The molecule has 1 heterocycles. The Morgan fingerprint density at radius 1 is 1.11 bits per heavy atom. The van der Waals surface area contributed by atoms with Gasteiger partial charge in [-0.3, -0.25) is 9.59 Å². The van der Waals surface area contributed by atoms with Crippen LogP contribution < -0.4 is 10.1 Å². The van der Waals surface area contributed by atoms with Gasteiger partial charge in [0.25, 0.3) is 5.91 Å². The average molecular weight is 370 g/mol. The van der Waals surface area contributed by atoms with Crippen LogP contribution in [-0.2, 0) is 11.3 Å². The van der Waals surface area contributed by atoms with Gasteiger partial charge in [0.15, 0.2) is 0 Å². The van der Waals surface area contributed by atoms with Crippen molar-refractivity contribution in [1.82, 2.24) is 10.2 Å². The number of carbonyl (C=O) groups excluding carboxylic acids is 2. The van der Waals surface area contributed by atoms with Crippen LogP contribution in [0.5, 0.6) is 5.75 Å². The van der Waals surface area contributed by atoms with Gasteiger partial charge in [-0.1, -0.05) is 30.3 Å². The summed E-state index contributed by atoms with van der Waals surface area (Å²) in [7, 11) is 1.60.